The number of hydrogen-bond acceptors (Lipinski definition) is 1. The number of nitrogens with two attached hydrogens (primary N) is 1. The molecule has 0 aromatic heterocycles. The molecule has 17 heavy (non-hydrogen) atoms. The Morgan fingerprint density at radius 3 is 2.18 bits per heavy atom. The highest BCUT2D eigenvalue weighted by Crippen LogP contribution is 2.33. The zero-order valence-electron chi connectivity index (χ0n) is 12.7. The summed E-state index contributed by atoms with van der Waals surface area (Å²) in [6.07, 6.45) is 6.01. The van der Waals surface area contributed by atoms with Crippen molar-refractivity contribution in [2.45, 2.75) is 73.6 Å². The summed E-state index contributed by atoms with van der Waals surface area (Å²) >= 11 is 0. The molecule has 1 aliphatic rings. The Hall–Kier alpha value is -0.720. The van der Waals surface area contributed by atoms with Crippen molar-refractivity contribution < 1.29 is 0 Å². The van der Waals surface area contributed by atoms with Crippen LogP contribution < -0.4 is 5.73 Å². The predicted molar refractivity (Wildman–Crippen MR) is 78.9 cm³/mol. The normalized spacial score (nSPS) is 18.5. The third-order valence-corrected chi connectivity index (χ3v) is 3.75. The zero-order valence-corrected chi connectivity index (χ0v) is 12.7. The van der Waals surface area contributed by atoms with E-state index in [0.717, 1.165) is 12.1 Å². The van der Waals surface area contributed by atoms with Crippen LogP contribution in [0.4, 0.5) is 0 Å². The van der Waals surface area contributed by atoms with Gasteiger partial charge in [0.05, 0.1) is 0 Å². The molecule has 0 heterocycles. The minimum Gasteiger partial charge on any atom is -0.399 e. The molecule has 1 nitrogen and oxygen atoms in total. The van der Waals surface area contributed by atoms with E-state index in [1.807, 2.05) is 13.8 Å². The molecule has 0 aromatic carbocycles. The summed E-state index contributed by atoms with van der Waals surface area (Å²) in [5.74, 6) is 0.635. The maximum Gasteiger partial charge on any atom is 0.0340 e. The van der Waals surface area contributed by atoms with Gasteiger partial charge in [-0.25, -0.2) is 0 Å². The lowest BCUT2D eigenvalue weighted by molar-refractivity contribution is 0.624. The van der Waals surface area contributed by atoms with Crippen molar-refractivity contribution in [3.63, 3.8) is 0 Å². The fourth-order valence-electron chi connectivity index (χ4n) is 2.50. The third kappa shape index (κ3) is 4.22. The molecule has 0 amide bonds. The Bertz CT molecular complexity index is 284. The molecular weight excluding hydrogens is 206 g/mol. The average Bonchev–Trinajstić information content (AvgIpc) is 2.78. The Morgan fingerprint density at radius 1 is 1.24 bits per heavy atom. The predicted octanol–water partition coefficient (Wildman–Crippen LogP) is 5.18. The Balaban J connectivity index is 0.00000121. The zero-order chi connectivity index (χ0) is 13.4. The van der Waals surface area contributed by atoms with Crippen LogP contribution in [0.15, 0.2) is 22.4 Å². The van der Waals surface area contributed by atoms with Gasteiger partial charge < -0.3 is 5.73 Å². The van der Waals surface area contributed by atoms with Crippen LogP contribution in [0.3, 0.4) is 0 Å². The minimum atomic E-state index is 0.635. The van der Waals surface area contributed by atoms with Crippen LogP contribution in [-0.2, 0) is 0 Å². The first-order chi connectivity index (χ1) is 8.11. The van der Waals surface area contributed by atoms with E-state index in [2.05, 4.69) is 27.7 Å². The molecule has 1 aliphatic carbocycles. The Kier molecular flexibility index (Phi) is 8.03. The fourth-order valence-corrected chi connectivity index (χ4v) is 2.50. The summed E-state index contributed by atoms with van der Waals surface area (Å²) in [4.78, 5) is 0. The van der Waals surface area contributed by atoms with Gasteiger partial charge in [-0.15, -0.1) is 0 Å². The summed E-state index contributed by atoms with van der Waals surface area (Å²) < 4.78 is 0. The van der Waals surface area contributed by atoms with Crippen molar-refractivity contribution in [2.24, 2.45) is 11.7 Å². The molecule has 0 saturated heterocycles. The standard InChI is InChI=1S/C14H25N.C2H6/c1-5-10(3)12(6-2)14(15)13-9-7-8-11(13)4;1-2/h10H,5-9,15H2,1-4H3;1-2H3/b14-12+;. The fraction of sp³-hybridized carbons (Fsp3) is 0.750. The highest BCUT2D eigenvalue weighted by Gasteiger charge is 2.17. The average molecular weight is 237 g/mol. The van der Waals surface area contributed by atoms with Crippen LogP contribution in [0, 0.1) is 5.92 Å². The monoisotopic (exact) mass is 237 g/mol. The van der Waals surface area contributed by atoms with Crippen molar-refractivity contribution in [1.29, 1.82) is 0 Å². The maximum absolute atomic E-state index is 6.32. The number of hydrogen-bond donors (Lipinski definition) is 1. The highest BCUT2D eigenvalue weighted by molar-refractivity contribution is 5.39. The van der Waals surface area contributed by atoms with E-state index in [-0.39, 0.29) is 0 Å². The van der Waals surface area contributed by atoms with Gasteiger partial charge >= 0.3 is 0 Å². The van der Waals surface area contributed by atoms with E-state index in [4.69, 9.17) is 5.73 Å². The molecule has 0 bridgehead atoms. The summed E-state index contributed by atoms with van der Waals surface area (Å²) in [7, 11) is 0. The van der Waals surface area contributed by atoms with Gasteiger partial charge in [0.15, 0.2) is 0 Å². The summed E-state index contributed by atoms with van der Waals surface area (Å²) in [6.45, 7) is 13.0. The van der Waals surface area contributed by atoms with Crippen molar-refractivity contribution in [3.8, 4) is 0 Å². The molecule has 100 valence electrons. The summed E-state index contributed by atoms with van der Waals surface area (Å²) in [5.41, 5.74) is 11.9. The van der Waals surface area contributed by atoms with Crippen molar-refractivity contribution in [1.82, 2.24) is 0 Å². The van der Waals surface area contributed by atoms with Gasteiger partial charge in [0.2, 0.25) is 0 Å². The molecule has 1 unspecified atom stereocenters. The molecule has 1 rings (SSSR count). The number of allylic oxidation sites excluding steroid dienone is 3. The molecular formula is C16H31N. The highest BCUT2D eigenvalue weighted by atomic mass is 14.6. The summed E-state index contributed by atoms with van der Waals surface area (Å²) in [6, 6.07) is 0. The quantitative estimate of drug-likeness (QED) is 0.716. The van der Waals surface area contributed by atoms with Gasteiger partial charge in [-0.1, -0.05) is 40.2 Å². The second-order valence-corrected chi connectivity index (χ2v) is 4.71. The summed E-state index contributed by atoms with van der Waals surface area (Å²) in [5, 5.41) is 0. The molecule has 0 fully saturated rings. The third-order valence-electron chi connectivity index (χ3n) is 3.75. The van der Waals surface area contributed by atoms with E-state index in [9.17, 15) is 0 Å². The minimum absolute atomic E-state index is 0.635. The lowest BCUT2D eigenvalue weighted by atomic mass is 9.91. The van der Waals surface area contributed by atoms with E-state index in [1.165, 1.54) is 42.4 Å². The van der Waals surface area contributed by atoms with Crippen LogP contribution >= 0.6 is 0 Å². The van der Waals surface area contributed by atoms with Gasteiger partial charge in [0.1, 0.15) is 0 Å². The first-order valence-electron chi connectivity index (χ1n) is 7.29. The van der Waals surface area contributed by atoms with Gasteiger partial charge in [-0.3, -0.25) is 0 Å². The molecule has 0 aromatic rings. The van der Waals surface area contributed by atoms with Crippen LogP contribution in [0.5, 0.6) is 0 Å². The largest absolute Gasteiger partial charge is 0.399 e. The van der Waals surface area contributed by atoms with Gasteiger partial charge in [0.25, 0.3) is 0 Å². The molecule has 0 radical (unpaired) electrons. The maximum atomic E-state index is 6.32. The van der Waals surface area contributed by atoms with Crippen LogP contribution in [0.1, 0.15) is 73.6 Å². The molecule has 1 heteroatoms. The number of rotatable bonds is 4. The first-order valence-corrected chi connectivity index (χ1v) is 7.29. The van der Waals surface area contributed by atoms with E-state index in [0.29, 0.717) is 5.92 Å². The molecule has 2 N–H and O–H groups in total. The molecule has 1 atom stereocenters. The van der Waals surface area contributed by atoms with Crippen LogP contribution in [0.25, 0.3) is 0 Å². The Morgan fingerprint density at radius 2 is 1.82 bits per heavy atom. The SMILES string of the molecule is CC.CC/C(=C(\N)C1=C(C)CCC1)C(C)CC. The Labute approximate surface area is 108 Å². The second kappa shape index (κ2) is 8.38. The van der Waals surface area contributed by atoms with Crippen molar-refractivity contribution >= 4 is 0 Å². The van der Waals surface area contributed by atoms with Crippen LogP contribution in [0.2, 0.25) is 0 Å². The van der Waals surface area contributed by atoms with E-state index < -0.39 is 0 Å². The van der Waals surface area contributed by atoms with E-state index >= 15 is 0 Å². The first kappa shape index (κ1) is 16.3. The van der Waals surface area contributed by atoms with Crippen molar-refractivity contribution in [2.75, 3.05) is 0 Å². The molecule has 0 saturated carbocycles. The van der Waals surface area contributed by atoms with Gasteiger partial charge in [0, 0.05) is 5.70 Å². The lowest BCUT2D eigenvalue weighted by Crippen LogP contribution is -2.10. The topological polar surface area (TPSA) is 26.0 Å². The van der Waals surface area contributed by atoms with Crippen molar-refractivity contribution in [3.05, 3.63) is 22.4 Å². The van der Waals surface area contributed by atoms with Crippen LogP contribution in [-0.4, -0.2) is 0 Å². The van der Waals surface area contributed by atoms with E-state index in [1.54, 1.807) is 0 Å². The molecule has 0 aliphatic heterocycles. The van der Waals surface area contributed by atoms with Gasteiger partial charge in [-0.2, -0.15) is 0 Å². The lowest BCUT2D eigenvalue weighted by Gasteiger charge is -2.17. The second-order valence-electron chi connectivity index (χ2n) is 4.71. The molecule has 0 spiro atoms. The van der Waals surface area contributed by atoms with Gasteiger partial charge in [-0.05, 0) is 56.1 Å². The smallest absolute Gasteiger partial charge is 0.0340 e.